The van der Waals surface area contributed by atoms with Crippen LogP contribution in [0.4, 0.5) is 0 Å². The molecule has 0 amide bonds. The van der Waals surface area contributed by atoms with Gasteiger partial charge in [0.15, 0.2) is 0 Å². The average molecular weight is 824 g/mol. The topological polar surface area (TPSA) is 98.7 Å². The van der Waals surface area contributed by atoms with Crippen LogP contribution < -0.4 is 19.7 Å². The second kappa shape index (κ2) is 21.2. The Labute approximate surface area is 354 Å². The van der Waals surface area contributed by atoms with E-state index in [4.69, 9.17) is 9.47 Å². The molecule has 0 atom stereocenters. The third-order valence-electron chi connectivity index (χ3n) is 11.4. The zero-order valence-electron chi connectivity index (χ0n) is 35.8. The number of rotatable bonds is 16. The van der Waals surface area contributed by atoms with Gasteiger partial charge in [-0.25, -0.2) is 0 Å². The van der Waals surface area contributed by atoms with E-state index < -0.39 is 11.9 Å². The molecule has 0 aromatic heterocycles. The Bertz CT molecular complexity index is 1880. The van der Waals surface area contributed by atoms with Crippen LogP contribution in [0, 0.1) is 0 Å². The summed E-state index contributed by atoms with van der Waals surface area (Å²) in [5, 5.41) is 24.6. The van der Waals surface area contributed by atoms with Crippen molar-refractivity contribution >= 4 is 11.9 Å². The molecule has 0 N–H and O–H groups in total. The van der Waals surface area contributed by atoms with E-state index in [1.54, 1.807) is 0 Å². The van der Waals surface area contributed by atoms with Gasteiger partial charge in [-0.2, -0.15) is 0 Å². The summed E-state index contributed by atoms with van der Waals surface area (Å²) in [4.78, 5) is 24.6. The van der Waals surface area contributed by atoms with Gasteiger partial charge in [0.1, 0.15) is 23.0 Å². The van der Waals surface area contributed by atoms with Crippen molar-refractivity contribution in [1.29, 1.82) is 0 Å². The fourth-order valence-electron chi connectivity index (χ4n) is 8.74. The second-order valence-electron chi connectivity index (χ2n) is 16.2. The molecule has 300 valence electrons. The van der Waals surface area contributed by atoms with E-state index in [-0.39, 0.29) is 31.3 Å². The first-order chi connectivity index (χ1) is 27.0. The van der Waals surface area contributed by atoms with Gasteiger partial charge in [0, 0.05) is 46.2 Å². The quantitative estimate of drug-likeness (QED) is 0.0902. The van der Waals surface area contributed by atoms with E-state index in [9.17, 15) is 19.8 Å². The van der Waals surface area contributed by atoms with Crippen LogP contribution in [0.5, 0.6) is 23.0 Å². The predicted molar refractivity (Wildman–Crippen MR) is 223 cm³/mol. The van der Waals surface area contributed by atoms with Crippen LogP contribution in [0.15, 0.2) is 48.5 Å². The molecule has 0 bridgehead atoms. The number of carbonyl (C=O) groups is 2. The fourth-order valence-corrected chi connectivity index (χ4v) is 8.74. The molecule has 2 aliphatic rings. The van der Waals surface area contributed by atoms with E-state index >= 15 is 0 Å². The molecular formula is C50H62O6Zn. The van der Waals surface area contributed by atoms with E-state index in [1.165, 1.54) is 22.3 Å². The molecule has 7 heteroatoms. The van der Waals surface area contributed by atoms with Gasteiger partial charge < -0.3 is 29.3 Å². The number of carboxylic acid groups (broad SMARTS) is 2. The van der Waals surface area contributed by atoms with Gasteiger partial charge in [0.05, 0.1) is 11.9 Å². The minimum atomic E-state index is -1.07. The zero-order valence-corrected chi connectivity index (χ0v) is 38.8. The van der Waals surface area contributed by atoms with Crippen LogP contribution in [-0.4, -0.2) is 11.9 Å². The van der Waals surface area contributed by atoms with Gasteiger partial charge in [0.2, 0.25) is 0 Å². The first-order valence-electron chi connectivity index (χ1n) is 21.3. The summed E-state index contributed by atoms with van der Waals surface area (Å²) in [6.45, 7) is 17.3. The zero-order chi connectivity index (χ0) is 40.5. The molecule has 6 nitrogen and oxygen atoms in total. The monoisotopic (exact) mass is 822 g/mol. The molecule has 6 rings (SSSR count). The average Bonchev–Trinajstić information content (AvgIpc) is 3.17. The minimum Gasteiger partial charge on any atom is -0.545 e. The SMILES string of the molecule is CCCCc1c(CCCC)c(C(C)C)c2c(c1C(=O)[O-])Cc1ccccc1O2.CCCCc1c(CCCC)c(C(C)C)c2c(c1C(=O)[O-])Cc1ccccc1O2.[Zn+2]. The largest absolute Gasteiger partial charge is 2.00 e. The summed E-state index contributed by atoms with van der Waals surface area (Å²) >= 11 is 0. The number of carbonyl (C=O) groups excluding carboxylic acids is 2. The molecule has 0 radical (unpaired) electrons. The molecule has 0 unspecified atom stereocenters. The summed E-state index contributed by atoms with van der Waals surface area (Å²) in [5.74, 6) is 1.59. The Kier molecular flexibility index (Phi) is 17.0. The van der Waals surface area contributed by atoms with Gasteiger partial charge >= 0.3 is 19.5 Å². The van der Waals surface area contributed by atoms with Gasteiger partial charge in [0.25, 0.3) is 0 Å². The first kappa shape index (κ1) is 45.7. The summed E-state index contributed by atoms with van der Waals surface area (Å²) in [5.41, 5.74) is 11.2. The summed E-state index contributed by atoms with van der Waals surface area (Å²) < 4.78 is 12.7. The molecule has 4 aromatic rings. The van der Waals surface area contributed by atoms with Crippen molar-refractivity contribution in [1.82, 2.24) is 0 Å². The van der Waals surface area contributed by atoms with Gasteiger partial charge in [-0.15, -0.1) is 0 Å². The maximum atomic E-state index is 12.3. The molecule has 2 aliphatic heterocycles. The molecule has 0 fully saturated rings. The van der Waals surface area contributed by atoms with E-state index in [2.05, 4.69) is 55.4 Å². The van der Waals surface area contributed by atoms with Crippen LogP contribution >= 0.6 is 0 Å². The minimum absolute atomic E-state index is 0. The number of ether oxygens (including phenoxy) is 2. The molecular weight excluding hydrogens is 762 g/mol. The Balaban J connectivity index is 0.000000248. The number of aromatic carboxylic acids is 2. The molecule has 0 spiro atoms. The van der Waals surface area contributed by atoms with Crippen molar-refractivity contribution in [3.05, 3.63) is 115 Å². The molecule has 57 heavy (non-hydrogen) atoms. The Morgan fingerprint density at radius 2 is 0.860 bits per heavy atom. The van der Waals surface area contributed by atoms with Crippen LogP contribution in [0.3, 0.4) is 0 Å². The third kappa shape index (κ3) is 10.0. The van der Waals surface area contributed by atoms with Crippen molar-refractivity contribution < 1.29 is 48.8 Å². The molecule has 0 saturated heterocycles. The molecule has 0 aliphatic carbocycles. The van der Waals surface area contributed by atoms with Gasteiger partial charge in [-0.05, 0) is 109 Å². The Morgan fingerprint density at radius 3 is 1.16 bits per heavy atom. The molecule has 4 aromatic carbocycles. The first-order valence-corrected chi connectivity index (χ1v) is 21.3. The number of carboxylic acids is 2. The van der Waals surface area contributed by atoms with Crippen molar-refractivity contribution in [3.63, 3.8) is 0 Å². The van der Waals surface area contributed by atoms with Crippen LogP contribution in [0.25, 0.3) is 0 Å². The number of hydrogen-bond donors (Lipinski definition) is 0. The van der Waals surface area contributed by atoms with E-state index in [1.807, 2.05) is 48.5 Å². The van der Waals surface area contributed by atoms with Crippen molar-refractivity contribution in [3.8, 4) is 23.0 Å². The maximum Gasteiger partial charge on any atom is 2.00 e. The predicted octanol–water partition coefficient (Wildman–Crippen LogP) is 11.1. The molecule has 0 saturated carbocycles. The van der Waals surface area contributed by atoms with Crippen molar-refractivity contribution in [2.75, 3.05) is 0 Å². The Hall–Kier alpha value is -3.96. The van der Waals surface area contributed by atoms with Gasteiger partial charge in [-0.1, -0.05) is 117 Å². The number of fused-ring (bicyclic) bond motifs is 4. The summed E-state index contributed by atoms with van der Waals surface area (Å²) in [7, 11) is 0. The smallest absolute Gasteiger partial charge is 0.545 e. The van der Waals surface area contributed by atoms with E-state index in [0.717, 1.165) is 133 Å². The summed E-state index contributed by atoms with van der Waals surface area (Å²) in [6, 6.07) is 15.9. The fraction of sp³-hybridized carbons (Fsp3) is 0.480. The van der Waals surface area contributed by atoms with Crippen LogP contribution in [0.2, 0.25) is 0 Å². The van der Waals surface area contributed by atoms with Crippen LogP contribution in [0.1, 0.15) is 195 Å². The Morgan fingerprint density at radius 1 is 0.544 bits per heavy atom. The number of unbranched alkanes of at least 4 members (excludes halogenated alkanes) is 4. The number of benzene rings is 4. The van der Waals surface area contributed by atoms with Crippen molar-refractivity contribution in [2.24, 2.45) is 0 Å². The van der Waals surface area contributed by atoms with Gasteiger partial charge in [-0.3, -0.25) is 0 Å². The number of hydrogen-bond acceptors (Lipinski definition) is 6. The van der Waals surface area contributed by atoms with E-state index in [0.29, 0.717) is 24.0 Å². The number of para-hydroxylation sites is 2. The second-order valence-corrected chi connectivity index (χ2v) is 16.2. The standard InChI is InChI=1S/2C25H32O3.Zn/c2*1-5-7-12-18-19(13-8-6-2)23(25(26)27)20-15-17-11-9-10-14-21(17)28-24(20)22(18)16(3)4;/h2*9-11,14,16H,5-8,12-13,15H2,1-4H3,(H,26,27);/q;;+2/p-2. The normalized spacial score (nSPS) is 12.2. The molecule has 2 heterocycles. The summed E-state index contributed by atoms with van der Waals surface area (Å²) in [6.07, 6.45) is 12.8. The third-order valence-corrected chi connectivity index (χ3v) is 11.4. The maximum absolute atomic E-state index is 12.3. The van der Waals surface area contributed by atoms with Crippen LogP contribution in [-0.2, 0) is 58.0 Å². The van der Waals surface area contributed by atoms with Crippen molar-refractivity contribution in [2.45, 2.75) is 157 Å².